The number of nitro benzene ring substituents is 1. The molecule has 0 aliphatic rings. The number of hydrogen-bond donors (Lipinski definition) is 0. The zero-order valence-corrected chi connectivity index (χ0v) is 15.6. The molecule has 27 heavy (non-hydrogen) atoms. The van der Waals surface area contributed by atoms with Crippen molar-refractivity contribution < 1.29 is 17.8 Å². The minimum absolute atomic E-state index is 0.00836. The molecule has 0 aliphatic carbocycles. The first-order valence-corrected chi connectivity index (χ1v) is 9.60. The number of hydrogen-bond acceptors (Lipinski definition) is 5. The normalized spacial score (nSPS) is 11.3. The quantitative estimate of drug-likeness (QED) is 0.467. The lowest BCUT2D eigenvalue weighted by molar-refractivity contribution is -0.385. The van der Waals surface area contributed by atoms with Crippen molar-refractivity contribution in [3.8, 4) is 0 Å². The number of rotatable bonds is 6. The van der Waals surface area contributed by atoms with Crippen LogP contribution in [-0.2, 0) is 16.6 Å². The van der Waals surface area contributed by atoms with Crippen molar-refractivity contribution in [1.29, 1.82) is 0 Å². The molecule has 0 spiro atoms. The lowest BCUT2D eigenvalue weighted by Crippen LogP contribution is -2.30. The first-order chi connectivity index (χ1) is 12.8. The van der Waals surface area contributed by atoms with E-state index in [-0.39, 0.29) is 22.7 Å². The van der Waals surface area contributed by atoms with Crippen molar-refractivity contribution in [2.75, 3.05) is 4.31 Å². The van der Waals surface area contributed by atoms with Crippen molar-refractivity contribution in [1.82, 2.24) is 0 Å². The van der Waals surface area contributed by atoms with Gasteiger partial charge in [0.05, 0.1) is 28.3 Å². The highest BCUT2D eigenvalue weighted by atomic mass is 32.2. The van der Waals surface area contributed by atoms with Gasteiger partial charge >= 0.3 is 0 Å². The minimum Gasteiger partial charge on any atom is -0.467 e. The van der Waals surface area contributed by atoms with E-state index < -0.39 is 14.9 Å². The summed E-state index contributed by atoms with van der Waals surface area (Å²) in [5.74, 6) is 0.484. The van der Waals surface area contributed by atoms with Gasteiger partial charge in [-0.2, -0.15) is 0 Å². The largest absolute Gasteiger partial charge is 0.467 e. The molecule has 0 N–H and O–H groups in total. The minimum atomic E-state index is -3.96. The summed E-state index contributed by atoms with van der Waals surface area (Å²) in [6.45, 7) is 3.43. The van der Waals surface area contributed by atoms with E-state index in [4.69, 9.17) is 4.42 Å². The molecule has 3 aromatic rings. The third-order valence-electron chi connectivity index (χ3n) is 4.15. The Bertz CT molecular complexity index is 1060. The number of furan rings is 1. The molecule has 0 aliphatic heterocycles. The van der Waals surface area contributed by atoms with E-state index in [1.165, 1.54) is 35.7 Å². The molecule has 0 saturated heterocycles. The van der Waals surface area contributed by atoms with Crippen LogP contribution in [0.4, 0.5) is 11.4 Å². The lowest BCUT2D eigenvalue weighted by Gasteiger charge is -2.24. The van der Waals surface area contributed by atoms with Crippen LogP contribution in [0.25, 0.3) is 0 Å². The maximum absolute atomic E-state index is 13.3. The predicted octanol–water partition coefficient (Wildman–Crippen LogP) is 4.20. The standard InChI is InChI=1S/C19H18N2O5S/c1-14-5-7-16(8-6-14)20(13-17-4-3-11-26-17)27(24,25)18-9-10-19(21(22)23)15(2)12-18/h3-12H,13H2,1-2H3. The number of nitro groups is 1. The Balaban J connectivity index is 2.08. The highest BCUT2D eigenvalue weighted by Gasteiger charge is 2.27. The van der Waals surface area contributed by atoms with Gasteiger partial charge < -0.3 is 4.42 Å². The summed E-state index contributed by atoms with van der Waals surface area (Å²) in [6.07, 6.45) is 1.48. The number of benzene rings is 2. The maximum Gasteiger partial charge on any atom is 0.272 e. The summed E-state index contributed by atoms with van der Waals surface area (Å²) in [5, 5.41) is 11.0. The Morgan fingerprint density at radius 2 is 1.78 bits per heavy atom. The van der Waals surface area contributed by atoms with E-state index >= 15 is 0 Å². The monoisotopic (exact) mass is 386 g/mol. The fourth-order valence-corrected chi connectivity index (χ4v) is 4.21. The van der Waals surface area contributed by atoms with Crippen molar-refractivity contribution in [3.63, 3.8) is 0 Å². The maximum atomic E-state index is 13.3. The smallest absolute Gasteiger partial charge is 0.272 e. The SMILES string of the molecule is Cc1ccc(N(Cc2ccco2)S(=O)(=O)c2ccc([N+](=O)[O-])c(C)c2)cc1. The van der Waals surface area contributed by atoms with Gasteiger partial charge in [0.15, 0.2) is 0 Å². The van der Waals surface area contributed by atoms with Crippen molar-refractivity contribution in [3.05, 3.63) is 87.9 Å². The molecule has 2 aromatic carbocycles. The van der Waals surface area contributed by atoms with Crippen LogP contribution in [0.2, 0.25) is 0 Å². The Hall–Kier alpha value is -3.13. The van der Waals surface area contributed by atoms with Crippen LogP contribution in [0.1, 0.15) is 16.9 Å². The molecule has 7 nitrogen and oxygen atoms in total. The van der Waals surface area contributed by atoms with Crippen LogP contribution < -0.4 is 4.31 Å². The average Bonchev–Trinajstić information content (AvgIpc) is 3.13. The Kier molecular flexibility index (Phi) is 5.00. The number of anilines is 1. The van der Waals surface area contributed by atoms with Crippen LogP contribution in [0.3, 0.4) is 0 Å². The second-order valence-corrected chi connectivity index (χ2v) is 7.99. The Morgan fingerprint density at radius 3 is 2.33 bits per heavy atom. The Labute approximate surface area is 157 Å². The van der Waals surface area contributed by atoms with E-state index in [9.17, 15) is 18.5 Å². The van der Waals surface area contributed by atoms with Crippen LogP contribution in [-0.4, -0.2) is 13.3 Å². The van der Waals surface area contributed by atoms with Crippen LogP contribution >= 0.6 is 0 Å². The molecule has 0 bridgehead atoms. The van der Waals surface area contributed by atoms with Gasteiger partial charge in [-0.1, -0.05) is 17.7 Å². The topological polar surface area (TPSA) is 93.7 Å². The van der Waals surface area contributed by atoms with E-state index in [1.807, 2.05) is 19.1 Å². The van der Waals surface area contributed by atoms with Gasteiger partial charge in [0.2, 0.25) is 0 Å². The number of sulfonamides is 1. The molecule has 1 heterocycles. The highest BCUT2D eigenvalue weighted by Crippen LogP contribution is 2.29. The molecule has 0 unspecified atom stereocenters. The average molecular weight is 386 g/mol. The third-order valence-corrected chi connectivity index (χ3v) is 5.92. The van der Waals surface area contributed by atoms with Gasteiger partial charge in [-0.15, -0.1) is 0 Å². The van der Waals surface area contributed by atoms with E-state index in [1.54, 1.807) is 24.3 Å². The van der Waals surface area contributed by atoms with Crippen molar-refractivity contribution in [2.24, 2.45) is 0 Å². The van der Waals surface area contributed by atoms with Crippen molar-refractivity contribution in [2.45, 2.75) is 25.3 Å². The van der Waals surface area contributed by atoms with E-state index in [0.717, 1.165) is 5.56 Å². The van der Waals surface area contributed by atoms with Gasteiger partial charge in [0.25, 0.3) is 15.7 Å². The molecule has 0 fully saturated rings. The number of aryl methyl sites for hydroxylation is 2. The van der Waals surface area contributed by atoms with Crippen LogP contribution in [0, 0.1) is 24.0 Å². The summed E-state index contributed by atoms with van der Waals surface area (Å²) in [4.78, 5) is 10.5. The second-order valence-electron chi connectivity index (χ2n) is 6.13. The summed E-state index contributed by atoms with van der Waals surface area (Å²) < 4.78 is 33.1. The molecule has 0 saturated carbocycles. The summed E-state index contributed by atoms with van der Waals surface area (Å²) in [6, 6.07) is 14.2. The molecule has 1 aromatic heterocycles. The first-order valence-electron chi connectivity index (χ1n) is 8.16. The molecule has 0 radical (unpaired) electrons. The zero-order valence-electron chi connectivity index (χ0n) is 14.8. The zero-order chi connectivity index (χ0) is 19.6. The van der Waals surface area contributed by atoms with Gasteiger partial charge in [-0.3, -0.25) is 14.4 Å². The van der Waals surface area contributed by atoms with Gasteiger partial charge in [0, 0.05) is 11.6 Å². The summed E-state index contributed by atoms with van der Waals surface area (Å²) in [5.41, 5.74) is 1.64. The number of nitrogens with zero attached hydrogens (tertiary/aromatic N) is 2. The fourth-order valence-electron chi connectivity index (χ4n) is 2.69. The fraction of sp³-hybridized carbons (Fsp3) is 0.158. The molecule has 0 amide bonds. The van der Waals surface area contributed by atoms with E-state index in [0.29, 0.717) is 11.4 Å². The molecule has 8 heteroatoms. The van der Waals surface area contributed by atoms with E-state index in [2.05, 4.69) is 0 Å². The molecule has 140 valence electrons. The highest BCUT2D eigenvalue weighted by molar-refractivity contribution is 7.92. The van der Waals surface area contributed by atoms with Crippen LogP contribution in [0.15, 0.2) is 70.2 Å². The molecule has 3 rings (SSSR count). The second kappa shape index (κ2) is 7.24. The molecular weight excluding hydrogens is 368 g/mol. The first kappa shape index (κ1) is 18.7. The van der Waals surface area contributed by atoms with Crippen LogP contribution in [0.5, 0.6) is 0 Å². The summed E-state index contributed by atoms with van der Waals surface area (Å²) >= 11 is 0. The molecular formula is C19H18N2O5S. The van der Waals surface area contributed by atoms with Gasteiger partial charge in [-0.05, 0) is 50.2 Å². The third kappa shape index (κ3) is 3.85. The predicted molar refractivity (Wildman–Crippen MR) is 101 cm³/mol. The summed E-state index contributed by atoms with van der Waals surface area (Å²) in [7, 11) is -3.96. The van der Waals surface area contributed by atoms with Crippen molar-refractivity contribution >= 4 is 21.4 Å². The Morgan fingerprint density at radius 1 is 1.07 bits per heavy atom. The molecule has 0 atom stereocenters. The lowest BCUT2D eigenvalue weighted by atomic mass is 10.2. The van der Waals surface area contributed by atoms with Gasteiger partial charge in [0.1, 0.15) is 5.76 Å². The van der Waals surface area contributed by atoms with Gasteiger partial charge in [-0.25, -0.2) is 8.42 Å².